The lowest BCUT2D eigenvalue weighted by atomic mass is 10.2. The molecule has 4 heteroatoms. The number of benzene rings is 1. The second-order valence-electron chi connectivity index (χ2n) is 2.73. The third kappa shape index (κ3) is 1.08. The molecule has 0 aliphatic carbocycles. The average molecular weight is 194 g/mol. The van der Waals surface area contributed by atoms with Gasteiger partial charge in [-0.1, -0.05) is 6.07 Å². The molecule has 1 aromatic heterocycles. The highest BCUT2D eigenvalue weighted by molar-refractivity contribution is 5.93. The van der Waals surface area contributed by atoms with Gasteiger partial charge < -0.3 is 9.15 Å². The number of halogens is 1. The summed E-state index contributed by atoms with van der Waals surface area (Å²) in [7, 11) is 1.36. The van der Waals surface area contributed by atoms with Crippen LogP contribution >= 0.6 is 0 Å². The van der Waals surface area contributed by atoms with E-state index < -0.39 is 5.82 Å². The first kappa shape index (κ1) is 8.74. The molecule has 72 valence electrons. The van der Waals surface area contributed by atoms with E-state index in [1.54, 1.807) is 6.07 Å². The minimum atomic E-state index is -0.462. The molecule has 3 nitrogen and oxygen atoms in total. The maximum atomic E-state index is 13.3. The lowest BCUT2D eigenvalue weighted by Gasteiger charge is -1.96. The van der Waals surface area contributed by atoms with Gasteiger partial charge in [0.15, 0.2) is 12.0 Å². The van der Waals surface area contributed by atoms with Crippen molar-refractivity contribution in [3.63, 3.8) is 0 Å². The summed E-state index contributed by atoms with van der Waals surface area (Å²) in [6.45, 7) is 0. The zero-order chi connectivity index (χ0) is 10.1. The predicted octanol–water partition coefficient (Wildman–Crippen LogP) is 2.39. The third-order valence-electron chi connectivity index (χ3n) is 1.96. The summed E-state index contributed by atoms with van der Waals surface area (Å²) >= 11 is 0. The number of aldehydes is 1. The lowest BCUT2D eigenvalue weighted by Crippen LogP contribution is -1.86. The fraction of sp³-hybridized carbons (Fsp3) is 0.100. The molecule has 0 radical (unpaired) electrons. The van der Waals surface area contributed by atoms with Crippen molar-refractivity contribution in [1.29, 1.82) is 0 Å². The number of furan rings is 1. The van der Waals surface area contributed by atoms with Gasteiger partial charge in [-0.25, -0.2) is 4.39 Å². The Kier molecular flexibility index (Phi) is 1.96. The van der Waals surface area contributed by atoms with Gasteiger partial charge in [-0.15, -0.1) is 0 Å². The van der Waals surface area contributed by atoms with Crippen LogP contribution in [0.3, 0.4) is 0 Å². The Balaban J connectivity index is 2.88. The molecular formula is C10H7FO3. The van der Waals surface area contributed by atoms with Crippen LogP contribution in [0, 0.1) is 5.82 Å². The van der Waals surface area contributed by atoms with E-state index in [9.17, 15) is 9.18 Å². The predicted molar refractivity (Wildman–Crippen MR) is 48.1 cm³/mol. The fourth-order valence-electron chi connectivity index (χ4n) is 1.38. The summed E-state index contributed by atoms with van der Waals surface area (Å²) in [6, 6.07) is 4.37. The largest absolute Gasteiger partial charge is 0.492 e. The van der Waals surface area contributed by atoms with Crippen molar-refractivity contribution in [3.8, 4) is 5.75 Å². The molecule has 2 rings (SSSR count). The molecule has 0 saturated carbocycles. The van der Waals surface area contributed by atoms with Gasteiger partial charge >= 0.3 is 0 Å². The highest BCUT2D eigenvalue weighted by Gasteiger charge is 2.17. The Labute approximate surface area is 79.1 Å². The maximum absolute atomic E-state index is 13.3. The van der Waals surface area contributed by atoms with E-state index >= 15 is 0 Å². The van der Waals surface area contributed by atoms with E-state index in [0.717, 1.165) is 0 Å². The van der Waals surface area contributed by atoms with Crippen molar-refractivity contribution < 1.29 is 18.3 Å². The zero-order valence-corrected chi connectivity index (χ0v) is 7.41. The summed E-state index contributed by atoms with van der Waals surface area (Å²) in [4.78, 5) is 10.6. The molecule has 0 amide bonds. The molecular weight excluding hydrogens is 187 g/mol. The molecule has 2 aromatic rings. The second-order valence-corrected chi connectivity index (χ2v) is 2.73. The van der Waals surface area contributed by atoms with Crippen LogP contribution in [0.4, 0.5) is 4.39 Å². The van der Waals surface area contributed by atoms with Crippen LogP contribution in [0.15, 0.2) is 22.6 Å². The van der Waals surface area contributed by atoms with Crippen LogP contribution in [0.2, 0.25) is 0 Å². The van der Waals surface area contributed by atoms with Crippen LogP contribution in [0.25, 0.3) is 11.0 Å². The van der Waals surface area contributed by atoms with Crippen LogP contribution in [-0.2, 0) is 0 Å². The molecule has 0 bridgehead atoms. The Morgan fingerprint density at radius 2 is 2.29 bits per heavy atom. The monoisotopic (exact) mass is 194 g/mol. The molecule has 0 aliphatic rings. The number of methoxy groups -OCH3 is 1. The quantitative estimate of drug-likeness (QED) is 0.689. The summed E-state index contributed by atoms with van der Waals surface area (Å²) in [5.41, 5.74) is 0.309. The van der Waals surface area contributed by atoms with Crippen molar-refractivity contribution >= 4 is 17.3 Å². The maximum Gasteiger partial charge on any atom is 0.209 e. The molecule has 0 spiro atoms. The Morgan fingerprint density at radius 3 is 2.93 bits per heavy atom. The first-order valence-electron chi connectivity index (χ1n) is 3.98. The number of hydrogen-bond donors (Lipinski definition) is 0. The lowest BCUT2D eigenvalue weighted by molar-refractivity contribution is 0.109. The summed E-state index contributed by atoms with van der Waals surface area (Å²) in [5, 5.41) is 0.206. The van der Waals surface area contributed by atoms with Gasteiger partial charge in [0.1, 0.15) is 11.4 Å². The molecule has 0 N–H and O–H groups in total. The first-order chi connectivity index (χ1) is 6.77. The number of carbonyl (C=O) groups is 1. The van der Waals surface area contributed by atoms with E-state index in [-0.39, 0.29) is 16.9 Å². The van der Waals surface area contributed by atoms with Crippen molar-refractivity contribution in [3.05, 3.63) is 29.8 Å². The Hall–Kier alpha value is -1.84. The van der Waals surface area contributed by atoms with Gasteiger partial charge in [0, 0.05) is 0 Å². The van der Waals surface area contributed by atoms with Gasteiger partial charge in [-0.2, -0.15) is 0 Å². The molecule has 1 heterocycles. The minimum Gasteiger partial charge on any atom is -0.492 e. The highest BCUT2D eigenvalue weighted by Crippen LogP contribution is 2.33. The Morgan fingerprint density at radius 1 is 1.50 bits per heavy atom. The normalized spacial score (nSPS) is 10.4. The van der Waals surface area contributed by atoms with E-state index in [4.69, 9.17) is 9.15 Å². The Bertz CT molecular complexity index is 487. The van der Waals surface area contributed by atoms with Crippen molar-refractivity contribution in [1.82, 2.24) is 0 Å². The SMILES string of the molecule is COc1c(C=O)oc2cccc(F)c12. The number of hydrogen-bond acceptors (Lipinski definition) is 3. The number of fused-ring (bicyclic) bond motifs is 1. The van der Waals surface area contributed by atoms with Gasteiger partial charge in [-0.3, -0.25) is 4.79 Å². The van der Waals surface area contributed by atoms with Crippen molar-refractivity contribution in [2.45, 2.75) is 0 Å². The summed E-state index contributed by atoms with van der Waals surface area (Å²) < 4.78 is 23.3. The molecule has 1 aromatic carbocycles. The molecule has 0 unspecified atom stereocenters. The topological polar surface area (TPSA) is 39.4 Å². The van der Waals surface area contributed by atoms with Gasteiger partial charge in [0.2, 0.25) is 5.76 Å². The highest BCUT2D eigenvalue weighted by atomic mass is 19.1. The number of rotatable bonds is 2. The molecule has 0 aliphatic heterocycles. The minimum absolute atomic E-state index is 0.00704. The third-order valence-corrected chi connectivity index (χ3v) is 1.96. The van der Waals surface area contributed by atoms with Crippen LogP contribution in [0.5, 0.6) is 5.75 Å². The average Bonchev–Trinajstić information content (AvgIpc) is 2.56. The van der Waals surface area contributed by atoms with E-state index in [1.165, 1.54) is 19.2 Å². The van der Waals surface area contributed by atoms with Gasteiger partial charge in [-0.05, 0) is 12.1 Å². The van der Waals surface area contributed by atoms with Crippen molar-refractivity contribution in [2.24, 2.45) is 0 Å². The zero-order valence-electron chi connectivity index (χ0n) is 7.41. The van der Waals surface area contributed by atoms with Gasteiger partial charge in [0.05, 0.1) is 12.5 Å². The van der Waals surface area contributed by atoms with Crippen molar-refractivity contribution in [2.75, 3.05) is 7.11 Å². The van der Waals surface area contributed by atoms with E-state index in [1.807, 2.05) is 0 Å². The number of ether oxygens (including phenoxy) is 1. The molecule has 14 heavy (non-hydrogen) atoms. The number of carbonyl (C=O) groups excluding carboxylic acids is 1. The molecule has 0 atom stereocenters. The van der Waals surface area contributed by atoms with E-state index in [0.29, 0.717) is 11.9 Å². The molecule has 0 fully saturated rings. The van der Waals surface area contributed by atoms with Gasteiger partial charge in [0.25, 0.3) is 0 Å². The smallest absolute Gasteiger partial charge is 0.209 e. The molecule has 0 saturated heterocycles. The summed E-state index contributed by atoms with van der Waals surface area (Å²) in [6.07, 6.45) is 0.498. The van der Waals surface area contributed by atoms with Crippen LogP contribution in [0.1, 0.15) is 10.6 Å². The first-order valence-corrected chi connectivity index (χ1v) is 3.98. The van der Waals surface area contributed by atoms with Crippen LogP contribution < -0.4 is 4.74 Å². The fourth-order valence-corrected chi connectivity index (χ4v) is 1.38. The standard InChI is InChI=1S/C10H7FO3/c1-13-10-8(5-12)14-7-4-2-3-6(11)9(7)10/h2-5H,1H3. The summed E-state index contributed by atoms with van der Waals surface area (Å²) in [5.74, 6) is -0.308. The van der Waals surface area contributed by atoms with E-state index in [2.05, 4.69) is 0 Å². The van der Waals surface area contributed by atoms with Crippen LogP contribution in [-0.4, -0.2) is 13.4 Å². The second kappa shape index (κ2) is 3.14.